The van der Waals surface area contributed by atoms with E-state index in [0.29, 0.717) is 21.5 Å². The Kier molecular flexibility index (Phi) is 3.53. The Bertz CT molecular complexity index is 896. The van der Waals surface area contributed by atoms with E-state index in [1.165, 1.54) is 18.5 Å². The van der Waals surface area contributed by atoms with Crippen LogP contribution in [0.15, 0.2) is 65.8 Å². The Morgan fingerprint density at radius 1 is 0.905 bits per heavy atom. The average Bonchev–Trinajstić information content (AvgIpc) is 2.48. The van der Waals surface area contributed by atoms with E-state index >= 15 is 0 Å². The Hall–Kier alpha value is -2.11. The number of sulfonamides is 1. The van der Waals surface area contributed by atoms with Gasteiger partial charge in [0.05, 0.1) is 10.6 Å². The van der Waals surface area contributed by atoms with Crippen LogP contribution in [0, 0.1) is 0 Å². The SMILES string of the molecule is O=S(=O)(Nc1ccncc1)c1ccc(Cl)c2ccccc12. The molecule has 6 heteroatoms. The van der Waals surface area contributed by atoms with Gasteiger partial charge < -0.3 is 0 Å². The summed E-state index contributed by atoms with van der Waals surface area (Å²) in [4.78, 5) is 4.05. The highest BCUT2D eigenvalue weighted by Crippen LogP contribution is 2.30. The van der Waals surface area contributed by atoms with Gasteiger partial charge in [-0.25, -0.2) is 8.42 Å². The van der Waals surface area contributed by atoms with Gasteiger partial charge in [-0.15, -0.1) is 0 Å². The van der Waals surface area contributed by atoms with Gasteiger partial charge in [-0.3, -0.25) is 9.71 Å². The van der Waals surface area contributed by atoms with Crippen LogP contribution in [0.1, 0.15) is 0 Å². The van der Waals surface area contributed by atoms with Gasteiger partial charge in [0.25, 0.3) is 10.0 Å². The molecule has 1 N–H and O–H groups in total. The fraction of sp³-hybridized carbons (Fsp3) is 0. The lowest BCUT2D eigenvalue weighted by Gasteiger charge is -2.11. The van der Waals surface area contributed by atoms with Gasteiger partial charge in [-0.2, -0.15) is 0 Å². The van der Waals surface area contributed by atoms with Gasteiger partial charge in [-0.05, 0) is 24.3 Å². The topological polar surface area (TPSA) is 59.1 Å². The van der Waals surface area contributed by atoms with Crippen LogP contribution in [0.5, 0.6) is 0 Å². The zero-order valence-electron chi connectivity index (χ0n) is 10.8. The normalized spacial score (nSPS) is 11.5. The molecule has 3 aromatic rings. The van der Waals surface area contributed by atoms with E-state index in [1.807, 2.05) is 6.07 Å². The third kappa shape index (κ3) is 2.70. The zero-order chi connectivity index (χ0) is 14.9. The molecule has 3 rings (SSSR count). The minimum atomic E-state index is -3.69. The van der Waals surface area contributed by atoms with E-state index in [0.717, 1.165) is 0 Å². The lowest BCUT2D eigenvalue weighted by molar-refractivity contribution is 0.602. The highest BCUT2D eigenvalue weighted by molar-refractivity contribution is 7.93. The number of aromatic nitrogens is 1. The Morgan fingerprint density at radius 2 is 1.57 bits per heavy atom. The number of benzene rings is 2. The summed E-state index contributed by atoms with van der Waals surface area (Å²) in [5, 5.41) is 1.82. The molecule has 4 nitrogen and oxygen atoms in total. The minimum Gasteiger partial charge on any atom is -0.280 e. The highest BCUT2D eigenvalue weighted by Gasteiger charge is 2.18. The second-order valence-electron chi connectivity index (χ2n) is 4.43. The summed E-state index contributed by atoms with van der Waals surface area (Å²) in [6, 6.07) is 13.4. The summed E-state index contributed by atoms with van der Waals surface area (Å²) in [5.74, 6) is 0. The minimum absolute atomic E-state index is 0.194. The smallest absolute Gasteiger partial charge is 0.262 e. The summed E-state index contributed by atoms with van der Waals surface area (Å²) in [5.41, 5.74) is 0.462. The molecule has 0 aliphatic rings. The molecule has 0 radical (unpaired) electrons. The first-order chi connectivity index (χ1) is 10.1. The van der Waals surface area contributed by atoms with Crippen molar-refractivity contribution in [3.63, 3.8) is 0 Å². The van der Waals surface area contributed by atoms with Crippen molar-refractivity contribution >= 4 is 38.1 Å². The van der Waals surface area contributed by atoms with Crippen molar-refractivity contribution in [1.29, 1.82) is 0 Å². The van der Waals surface area contributed by atoms with E-state index in [4.69, 9.17) is 11.6 Å². The summed E-state index contributed by atoms with van der Waals surface area (Å²) < 4.78 is 27.6. The molecule has 0 bridgehead atoms. The number of nitrogens with zero attached hydrogens (tertiary/aromatic N) is 1. The average molecular weight is 319 g/mol. The maximum Gasteiger partial charge on any atom is 0.262 e. The van der Waals surface area contributed by atoms with Crippen LogP contribution in [0.4, 0.5) is 5.69 Å². The summed E-state index contributed by atoms with van der Waals surface area (Å²) in [6.07, 6.45) is 3.05. The van der Waals surface area contributed by atoms with E-state index in [2.05, 4.69) is 9.71 Å². The van der Waals surface area contributed by atoms with Crippen LogP contribution >= 0.6 is 11.6 Å². The van der Waals surface area contributed by atoms with Crippen LogP contribution in [0.3, 0.4) is 0 Å². The number of hydrogen-bond acceptors (Lipinski definition) is 3. The van der Waals surface area contributed by atoms with Crippen molar-refractivity contribution in [2.24, 2.45) is 0 Å². The second kappa shape index (κ2) is 5.35. The van der Waals surface area contributed by atoms with E-state index in [9.17, 15) is 8.42 Å². The molecule has 0 saturated carbocycles. The molecule has 0 aliphatic carbocycles. The number of anilines is 1. The number of rotatable bonds is 3. The third-order valence-electron chi connectivity index (χ3n) is 3.05. The summed E-state index contributed by atoms with van der Waals surface area (Å²) >= 11 is 6.12. The fourth-order valence-corrected chi connectivity index (χ4v) is 3.60. The van der Waals surface area contributed by atoms with Gasteiger partial charge in [0, 0.05) is 28.2 Å². The molecule has 21 heavy (non-hydrogen) atoms. The van der Waals surface area contributed by atoms with Crippen LogP contribution < -0.4 is 4.72 Å². The van der Waals surface area contributed by atoms with Gasteiger partial charge in [0.1, 0.15) is 0 Å². The second-order valence-corrected chi connectivity index (χ2v) is 6.49. The molecule has 0 unspecified atom stereocenters. The van der Waals surface area contributed by atoms with Crippen LogP contribution in [-0.4, -0.2) is 13.4 Å². The lowest BCUT2D eigenvalue weighted by atomic mass is 10.1. The summed E-state index contributed by atoms with van der Waals surface area (Å²) in [7, 11) is -3.69. The van der Waals surface area contributed by atoms with Crippen molar-refractivity contribution in [2.45, 2.75) is 4.90 Å². The lowest BCUT2D eigenvalue weighted by Crippen LogP contribution is -2.13. The first kappa shape index (κ1) is 13.9. The predicted molar refractivity (Wildman–Crippen MR) is 84.0 cm³/mol. The molecule has 0 spiro atoms. The molecule has 0 fully saturated rings. The molecular weight excluding hydrogens is 308 g/mol. The number of hydrogen-bond donors (Lipinski definition) is 1. The molecular formula is C15H11ClN2O2S. The van der Waals surface area contributed by atoms with Crippen molar-refractivity contribution in [3.05, 3.63) is 65.9 Å². The first-order valence-corrected chi connectivity index (χ1v) is 8.04. The van der Waals surface area contributed by atoms with Crippen molar-refractivity contribution in [3.8, 4) is 0 Å². The van der Waals surface area contributed by atoms with E-state index < -0.39 is 10.0 Å². The molecule has 0 saturated heterocycles. The van der Waals surface area contributed by atoms with Gasteiger partial charge in [0.2, 0.25) is 0 Å². The highest BCUT2D eigenvalue weighted by atomic mass is 35.5. The molecule has 2 aromatic carbocycles. The largest absolute Gasteiger partial charge is 0.280 e. The van der Waals surface area contributed by atoms with E-state index in [-0.39, 0.29) is 4.90 Å². The van der Waals surface area contributed by atoms with Gasteiger partial charge in [0.15, 0.2) is 0 Å². The number of halogens is 1. The van der Waals surface area contributed by atoms with Crippen LogP contribution in [0.2, 0.25) is 5.02 Å². The van der Waals surface area contributed by atoms with Crippen LogP contribution in [0.25, 0.3) is 10.8 Å². The fourth-order valence-electron chi connectivity index (χ4n) is 2.10. The molecule has 1 heterocycles. The van der Waals surface area contributed by atoms with Crippen molar-refractivity contribution in [1.82, 2.24) is 4.98 Å². The maximum absolute atomic E-state index is 12.6. The van der Waals surface area contributed by atoms with Crippen molar-refractivity contribution < 1.29 is 8.42 Å². The quantitative estimate of drug-likeness (QED) is 0.801. The maximum atomic E-state index is 12.6. The molecule has 0 atom stereocenters. The van der Waals surface area contributed by atoms with Crippen molar-refractivity contribution in [2.75, 3.05) is 4.72 Å². The Labute approximate surface area is 127 Å². The molecule has 1 aromatic heterocycles. The number of nitrogens with one attached hydrogen (secondary N) is 1. The molecule has 0 amide bonds. The standard InChI is InChI=1S/C15H11ClN2O2S/c16-14-5-6-15(13-4-2-1-3-12(13)14)21(19,20)18-11-7-9-17-10-8-11/h1-10H,(H,17,18). The monoisotopic (exact) mass is 318 g/mol. The van der Waals surface area contributed by atoms with E-state index in [1.54, 1.807) is 36.4 Å². The zero-order valence-corrected chi connectivity index (χ0v) is 12.4. The molecule has 0 aliphatic heterocycles. The number of fused-ring (bicyclic) bond motifs is 1. The Balaban J connectivity index is 2.14. The number of pyridine rings is 1. The summed E-state index contributed by atoms with van der Waals surface area (Å²) in [6.45, 7) is 0. The Morgan fingerprint density at radius 3 is 2.29 bits per heavy atom. The van der Waals surface area contributed by atoms with Gasteiger partial charge in [-0.1, -0.05) is 35.9 Å². The van der Waals surface area contributed by atoms with Gasteiger partial charge >= 0.3 is 0 Å². The first-order valence-electron chi connectivity index (χ1n) is 6.18. The van der Waals surface area contributed by atoms with Crippen LogP contribution in [-0.2, 0) is 10.0 Å². The predicted octanol–water partition coefficient (Wildman–Crippen LogP) is 3.69. The third-order valence-corrected chi connectivity index (χ3v) is 4.82. The molecule has 106 valence electrons.